The van der Waals surface area contributed by atoms with Gasteiger partial charge in [0.15, 0.2) is 0 Å². The van der Waals surface area contributed by atoms with Crippen LogP contribution in [0.1, 0.15) is 32.3 Å². The smallest absolute Gasteiger partial charge is 0.268 e. The Balaban J connectivity index is 2.19. The van der Waals surface area contributed by atoms with Gasteiger partial charge in [0.05, 0.1) is 5.41 Å². The van der Waals surface area contributed by atoms with E-state index in [-0.39, 0.29) is 5.41 Å². The van der Waals surface area contributed by atoms with Gasteiger partial charge in [-0.1, -0.05) is 50.3 Å². The van der Waals surface area contributed by atoms with Crippen LogP contribution in [-0.4, -0.2) is 5.91 Å². The SMILES string of the molecule is CC1(C)[C@H]2C=C(c3ccccc3)[C@]1(C(=O)N=O)CC2. The third-order valence-electron chi connectivity index (χ3n) is 5.22. The van der Waals surface area contributed by atoms with Crippen molar-refractivity contribution < 1.29 is 4.79 Å². The molecule has 3 nitrogen and oxygen atoms in total. The summed E-state index contributed by atoms with van der Waals surface area (Å²) in [7, 11) is 0. The molecule has 0 N–H and O–H groups in total. The lowest BCUT2D eigenvalue weighted by atomic mass is 9.64. The van der Waals surface area contributed by atoms with Crippen molar-refractivity contribution in [2.45, 2.75) is 26.7 Å². The summed E-state index contributed by atoms with van der Waals surface area (Å²) in [5, 5.41) is 2.78. The topological polar surface area (TPSA) is 46.5 Å². The second-order valence-electron chi connectivity index (χ2n) is 6.11. The second-order valence-corrected chi connectivity index (χ2v) is 6.11. The molecule has 2 aliphatic rings. The normalized spacial score (nSPS) is 31.1. The Morgan fingerprint density at radius 3 is 2.53 bits per heavy atom. The number of hydrogen-bond acceptors (Lipinski definition) is 2. The van der Waals surface area contributed by atoms with Crippen LogP contribution in [0.25, 0.3) is 5.57 Å². The molecule has 2 atom stereocenters. The summed E-state index contributed by atoms with van der Waals surface area (Å²) >= 11 is 0. The Hall–Kier alpha value is -1.77. The molecule has 1 aromatic rings. The van der Waals surface area contributed by atoms with E-state index in [0.29, 0.717) is 5.92 Å². The third kappa shape index (κ3) is 1.36. The summed E-state index contributed by atoms with van der Waals surface area (Å²) in [5.41, 5.74) is 1.10. The molecule has 1 aromatic carbocycles. The van der Waals surface area contributed by atoms with Gasteiger partial charge in [-0.25, -0.2) is 0 Å². The number of benzene rings is 1. The van der Waals surface area contributed by atoms with Gasteiger partial charge in [-0.15, -0.1) is 4.91 Å². The van der Waals surface area contributed by atoms with Crippen LogP contribution in [0.2, 0.25) is 0 Å². The van der Waals surface area contributed by atoms with Crippen LogP contribution >= 0.6 is 0 Å². The van der Waals surface area contributed by atoms with Crippen LogP contribution < -0.4 is 0 Å². The molecule has 0 aliphatic heterocycles. The first-order valence-corrected chi connectivity index (χ1v) is 6.69. The highest BCUT2D eigenvalue weighted by Gasteiger charge is 2.64. The predicted octanol–water partition coefficient (Wildman–Crippen LogP) is 3.80. The van der Waals surface area contributed by atoms with Gasteiger partial charge >= 0.3 is 0 Å². The summed E-state index contributed by atoms with van der Waals surface area (Å²) in [6.07, 6.45) is 3.88. The number of carbonyl (C=O) groups excluding carboxylic acids is 1. The molecular formula is C16H17NO2. The minimum atomic E-state index is -0.721. The third-order valence-corrected chi connectivity index (χ3v) is 5.22. The Bertz CT molecular complexity index is 574. The van der Waals surface area contributed by atoms with Gasteiger partial charge < -0.3 is 0 Å². The molecule has 1 amide bonds. The Morgan fingerprint density at radius 1 is 1.26 bits per heavy atom. The number of hydrogen-bond donors (Lipinski definition) is 0. The van der Waals surface area contributed by atoms with Crippen LogP contribution in [-0.2, 0) is 4.79 Å². The summed E-state index contributed by atoms with van der Waals surface area (Å²) in [6.45, 7) is 4.17. The predicted molar refractivity (Wildman–Crippen MR) is 74.2 cm³/mol. The first-order valence-electron chi connectivity index (χ1n) is 6.69. The molecule has 1 saturated carbocycles. The van der Waals surface area contributed by atoms with E-state index in [1.807, 2.05) is 30.3 Å². The number of rotatable bonds is 2. The quantitative estimate of drug-likeness (QED) is 0.754. The molecule has 0 heterocycles. The van der Waals surface area contributed by atoms with E-state index in [2.05, 4.69) is 25.1 Å². The fourth-order valence-electron chi connectivity index (χ4n) is 4.02. The molecule has 0 radical (unpaired) electrons. The van der Waals surface area contributed by atoms with Crippen LogP contribution in [0.15, 0.2) is 41.6 Å². The van der Waals surface area contributed by atoms with Crippen LogP contribution in [0.5, 0.6) is 0 Å². The molecule has 19 heavy (non-hydrogen) atoms. The maximum absolute atomic E-state index is 12.3. The maximum atomic E-state index is 12.3. The van der Waals surface area contributed by atoms with Gasteiger partial charge in [0.2, 0.25) is 0 Å². The van der Waals surface area contributed by atoms with Crippen LogP contribution in [0, 0.1) is 21.7 Å². The first-order chi connectivity index (χ1) is 9.04. The Morgan fingerprint density at radius 2 is 1.95 bits per heavy atom. The van der Waals surface area contributed by atoms with Crippen molar-refractivity contribution in [1.82, 2.24) is 0 Å². The number of fused-ring (bicyclic) bond motifs is 2. The summed E-state index contributed by atoms with van der Waals surface area (Å²) < 4.78 is 0. The van der Waals surface area contributed by atoms with Gasteiger partial charge in [-0.2, -0.15) is 0 Å². The minimum absolute atomic E-state index is 0.219. The van der Waals surface area contributed by atoms with Crippen molar-refractivity contribution in [3.05, 3.63) is 46.9 Å². The molecule has 3 rings (SSSR count). The molecule has 0 spiro atoms. The van der Waals surface area contributed by atoms with Gasteiger partial charge in [0, 0.05) is 5.18 Å². The molecule has 0 unspecified atom stereocenters. The number of allylic oxidation sites excluding steroid dienone is 1. The van der Waals surface area contributed by atoms with Crippen molar-refractivity contribution in [3.63, 3.8) is 0 Å². The Labute approximate surface area is 112 Å². The number of nitroso groups, excluding NO2 is 1. The average molecular weight is 255 g/mol. The first kappa shape index (κ1) is 12.3. The van der Waals surface area contributed by atoms with Crippen molar-refractivity contribution in [2.75, 3.05) is 0 Å². The molecule has 2 aliphatic carbocycles. The number of carbonyl (C=O) groups is 1. The average Bonchev–Trinajstić information content (AvgIpc) is 2.83. The van der Waals surface area contributed by atoms with Crippen molar-refractivity contribution in [1.29, 1.82) is 0 Å². The van der Waals surface area contributed by atoms with Crippen LogP contribution in [0.4, 0.5) is 0 Å². The van der Waals surface area contributed by atoms with Gasteiger partial charge in [0.25, 0.3) is 5.91 Å². The lowest BCUT2D eigenvalue weighted by molar-refractivity contribution is -0.128. The zero-order valence-corrected chi connectivity index (χ0v) is 11.2. The van der Waals surface area contributed by atoms with Crippen molar-refractivity contribution in [3.8, 4) is 0 Å². The van der Waals surface area contributed by atoms with Gasteiger partial charge in [-0.05, 0) is 35.3 Å². The van der Waals surface area contributed by atoms with E-state index in [9.17, 15) is 9.70 Å². The lowest BCUT2D eigenvalue weighted by Crippen LogP contribution is -2.39. The summed E-state index contributed by atoms with van der Waals surface area (Å²) in [6, 6.07) is 9.88. The molecule has 1 fully saturated rings. The van der Waals surface area contributed by atoms with E-state index in [4.69, 9.17) is 0 Å². The molecular weight excluding hydrogens is 238 g/mol. The highest BCUT2D eigenvalue weighted by Crippen LogP contribution is 2.68. The minimum Gasteiger partial charge on any atom is -0.268 e. The lowest BCUT2D eigenvalue weighted by Gasteiger charge is -2.37. The largest absolute Gasteiger partial charge is 0.297 e. The van der Waals surface area contributed by atoms with E-state index >= 15 is 0 Å². The van der Waals surface area contributed by atoms with Crippen molar-refractivity contribution in [2.24, 2.45) is 21.9 Å². The molecule has 0 aromatic heterocycles. The van der Waals surface area contributed by atoms with Crippen LogP contribution in [0.3, 0.4) is 0 Å². The molecule has 2 bridgehead atoms. The fraction of sp³-hybridized carbons (Fsp3) is 0.438. The molecule has 3 heteroatoms. The van der Waals surface area contributed by atoms with Gasteiger partial charge in [0.1, 0.15) is 0 Å². The van der Waals surface area contributed by atoms with E-state index < -0.39 is 11.3 Å². The number of nitrogens with zero attached hydrogens (tertiary/aromatic N) is 1. The maximum Gasteiger partial charge on any atom is 0.297 e. The molecule has 98 valence electrons. The van der Waals surface area contributed by atoms with E-state index in [1.165, 1.54) is 0 Å². The van der Waals surface area contributed by atoms with Crippen molar-refractivity contribution >= 4 is 11.5 Å². The zero-order valence-electron chi connectivity index (χ0n) is 11.2. The Kier molecular flexibility index (Phi) is 2.49. The zero-order chi connectivity index (χ0) is 13.7. The summed E-state index contributed by atoms with van der Waals surface area (Å²) in [4.78, 5) is 23.2. The monoisotopic (exact) mass is 255 g/mol. The van der Waals surface area contributed by atoms with E-state index in [0.717, 1.165) is 24.0 Å². The fourth-order valence-corrected chi connectivity index (χ4v) is 4.02. The summed E-state index contributed by atoms with van der Waals surface area (Å²) in [5.74, 6) is -0.152. The molecule has 0 saturated heterocycles. The standard InChI is InChI=1S/C16H17NO2/c1-15(2)12-8-9-16(15,14(18)17-19)13(10-12)11-6-4-3-5-7-11/h3-7,10,12H,8-9H2,1-2H3/t12-,16+/m1/s1. The second kappa shape index (κ2) is 3.86. The highest BCUT2D eigenvalue weighted by atomic mass is 16.3. The highest BCUT2D eigenvalue weighted by molar-refractivity contribution is 6.00. The van der Waals surface area contributed by atoms with Gasteiger partial charge in [-0.3, -0.25) is 4.79 Å². The van der Waals surface area contributed by atoms with E-state index in [1.54, 1.807) is 0 Å². The number of amides is 1.